The van der Waals surface area contributed by atoms with Gasteiger partial charge in [-0.25, -0.2) is 4.98 Å². The molecule has 0 radical (unpaired) electrons. The van der Waals surface area contributed by atoms with E-state index in [1.807, 2.05) is 0 Å². The summed E-state index contributed by atoms with van der Waals surface area (Å²) in [5, 5.41) is 23.9. The van der Waals surface area contributed by atoms with Crippen molar-refractivity contribution < 1.29 is 14.8 Å². The van der Waals surface area contributed by atoms with Crippen LogP contribution in [0.4, 0.5) is 5.69 Å². The third kappa shape index (κ3) is 2.54. The number of rotatable bonds is 4. The Kier molecular flexibility index (Phi) is 3.86. The second-order valence-corrected chi connectivity index (χ2v) is 5.95. The van der Waals surface area contributed by atoms with Crippen molar-refractivity contribution >= 4 is 33.2 Å². The second kappa shape index (κ2) is 5.85. The molecule has 122 valence electrons. The summed E-state index contributed by atoms with van der Waals surface area (Å²) in [6.45, 7) is 1.32. The molecule has 9 heteroatoms. The smallest absolute Gasteiger partial charge is 0.270 e. The van der Waals surface area contributed by atoms with Gasteiger partial charge in [-0.2, -0.15) is 0 Å². The molecule has 0 N–H and O–H groups in total. The van der Waals surface area contributed by atoms with E-state index in [2.05, 4.69) is 4.98 Å². The zero-order valence-electron chi connectivity index (χ0n) is 12.3. The number of nitro groups is 1. The molecule has 0 bridgehead atoms. The number of carboxylic acid groups (broad SMARTS) is 1. The van der Waals surface area contributed by atoms with E-state index in [1.54, 1.807) is 11.4 Å². The standard InChI is InChI=1S/C15H11N3O5S/c1-8(15(20)21)17-7-16-13-12(14(17)19)11(6-24-13)9-3-2-4-10(5-9)18(22)23/h2-8H,1H3,(H,20,21)/p-1/t8-/m1/s1. The van der Waals surface area contributed by atoms with Crippen LogP contribution in [0, 0.1) is 10.1 Å². The summed E-state index contributed by atoms with van der Waals surface area (Å²) < 4.78 is 0.977. The largest absolute Gasteiger partial charge is 0.548 e. The van der Waals surface area contributed by atoms with Crippen molar-refractivity contribution in [2.45, 2.75) is 13.0 Å². The number of carboxylic acids is 1. The summed E-state index contributed by atoms with van der Waals surface area (Å²) in [6, 6.07) is 4.71. The number of carbonyl (C=O) groups excluding carboxylic acids is 1. The van der Waals surface area contributed by atoms with Gasteiger partial charge in [-0.05, 0) is 12.5 Å². The van der Waals surface area contributed by atoms with Crippen molar-refractivity contribution in [3.8, 4) is 11.1 Å². The molecule has 0 spiro atoms. The first-order valence-electron chi connectivity index (χ1n) is 6.84. The Labute approximate surface area is 138 Å². The van der Waals surface area contributed by atoms with Crippen LogP contribution in [0.5, 0.6) is 0 Å². The van der Waals surface area contributed by atoms with Crippen LogP contribution >= 0.6 is 11.3 Å². The predicted molar refractivity (Wildman–Crippen MR) is 85.7 cm³/mol. The third-order valence-corrected chi connectivity index (χ3v) is 4.53. The van der Waals surface area contributed by atoms with Crippen molar-refractivity contribution in [2.75, 3.05) is 0 Å². The fraction of sp³-hybridized carbons (Fsp3) is 0.133. The first-order chi connectivity index (χ1) is 11.4. The number of benzene rings is 1. The van der Waals surface area contributed by atoms with E-state index in [-0.39, 0.29) is 11.1 Å². The number of nitrogens with zero attached hydrogens (tertiary/aromatic N) is 3. The molecule has 24 heavy (non-hydrogen) atoms. The van der Waals surface area contributed by atoms with Gasteiger partial charge in [0.25, 0.3) is 11.2 Å². The van der Waals surface area contributed by atoms with Crippen molar-refractivity contribution in [3.63, 3.8) is 0 Å². The topological polar surface area (TPSA) is 118 Å². The number of hydrogen-bond acceptors (Lipinski definition) is 7. The number of nitro benzene ring substituents is 1. The molecule has 0 aliphatic heterocycles. The summed E-state index contributed by atoms with van der Waals surface area (Å²) in [6.07, 6.45) is 1.17. The summed E-state index contributed by atoms with van der Waals surface area (Å²) in [5.74, 6) is -1.40. The Hall–Kier alpha value is -3.07. The van der Waals surface area contributed by atoms with Gasteiger partial charge in [-0.15, -0.1) is 11.3 Å². The van der Waals surface area contributed by atoms with Gasteiger partial charge in [0.1, 0.15) is 4.83 Å². The van der Waals surface area contributed by atoms with E-state index in [4.69, 9.17) is 0 Å². The lowest BCUT2D eigenvalue weighted by Crippen LogP contribution is -2.36. The van der Waals surface area contributed by atoms with Gasteiger partial charge in [0, 0.05) is 23.1 Å². The first-order valence-corrected chi connectivity index (χ1v) is 7.72. The number of aromatic nitrogens is 2. The lowest BCUT2D eigenvalue weighted by atomic mass is 10.1. The van der Waals surface area contributed by atoms with E-state index in [9.17, 15) is 24.8 Å². The van der Waals surface area contributed by atoms with Gasteiger partial charge in [0.05, 0.1) is 28.6 Å². The van der Waals surface area contributed by atoms with E-state index >= 15 is 0 Å². The molecule has 8 nitrogen and oxygen atoms in total. The van der Waals surface area contributed by atoms with Crippen molar-refractivity contribution in [1.29, 1.82) is 0 Å². The quantitative estimate of drug-likeness (QED) is 0.520. The van der Waals surface area contributed by atoms with E-state index < -0.39 is 22.5 Å². The zero-order valence-corrected chi connectivity index (χ0v) is 13.1. The van der Waals surface area contributed by atoms with Gasteiger partial charge < -0.3 is 9.90 Å². The minimum absolute atomic E-state index is 0.0980. The van der Waals surface area contributed by atoms with E-state index in [0.717, 1.165) is 4.57 Å². The fourth-order valence-electron chi connectivity index (χ4n) is 2.33. The number of carbonyl (C=O) groups is 1. The number of hydrogen-bond donors (Lipinski definition) is 0. The van der Waals surface area contributed by atoms with Gasteiger partial charge >= 0.3 is 0 Å². The Morgan fingerprint density at radius 1 is 1.42 bits per heavy atom. The summed E-state index contributed by atoms with van der Waals surface area (Å²) in [7, 11) is 0. The molecule has 0 fully saturated rings. The molecule has 3 aromatic rings. The molecular formula is C15H10N3O5S-. The Morgan fingerprint density at radius 2 is 2.17 bits per heavy atom. The highest BCUT2D eigenvalue weighted by Gasteiger charge is 2.17. The van der Waals surface area contributed by atoms with Gasteiger partial charge in [-0.1, -0.05) is 12.1 Å². The van der Waals surface area contributed by atoms with Crippen molar-refractivity contribution in [1.82, 2.24) is 9.55 Å². The maximum absolute atomic E-state index is 12.7. The lowest BCUT2D eigenvalue weighted by Gasteiger charge is -2.15. The molecule has 0 saturated heterocycles. The van der Waals surface area contributed by atoms with Crippen LogP contribution in [-0.4, -0.2) is 20.4 Å². The number of non-ortho nitro benzene ring substituents is 1. The Balaban J connectivity index is 2.25. The van der Waals surface area contributed by atoms with Crippen LogP contribution in [0.15, 0.2) is 40.8 Å². The monoisotopic (exact) mass is 344 g/mol. The van der Waals surface area contributed by atoms with Crippen LogP contribution < -0.4 is 10.7 Å². The highest BCUT2D eigenvalue weighted by Crippen LogP contribution is 2.32. The Morgan fingerprint density at radius 3 is 2.83 bits per heavy atom. The molecule has 2 aromatic heterocycles. The normalized spacial score (nSPS) is 12.2. The van der Waals surface area contributed by atoms with Crippen LogP contribution in [0.2, 0.25) is 0 Å². The van der Waals surface area contributed by atoms with E-state index in [1.165, 1.54) is 42.8 Å². The molecule has 3 rings (SSSR count). The SMILES string of the molecule is C[C@H](C(=O)[O-])n1cnc2scc(-c3cccc([N+](=O)[O-])c3)c2c1=O. The van der Waals surface area contributed by atoms with Crippen molar-refractivity contribution in [3.05, 3.63) is 56.4 Å². The molecule has 0 unspecified atom stereocenters. The molecular weight excluding hydrogens is 334 g/mol. The van der Waals surface area contributed by atoms with Crippen LogP contribution in [0.1, 0.15) is 13.0 Å². The summed E-state index contributed by atoms with van der Waals surface area (Å²) in [4.78, 5) is 38.6. The van der Waals surface area contributed by atoms with Crippen LogP contribution in [0.25, 0.3) is 21.3 Å². The minimum Gasteiger partial charge on any atom is -0.548 e. The van der Waals surface area contributed by atoms with Crippen LogP contribution in [0.3, 0.4) is 0 Å². The number of fused-ring (bicyclic) bond motifs is 1. The second-order valence-electron chi connectivity index (χ2n) is 5.09. The van der Waals surface area contributed by atoms with Crippen LogP contribution in [-0.2, 0) is 4.79 Å². The first kappa shape index (κ1) is 15.8. The third-order valence-electron chi connectivity index (χ3n) is 3.65. The minimum atomic E-state index is -1.40. The van der Waals surface area contributed by atoms with Crippen molar-refractivity contribution in [2.24, 2.45) is 0 Å². The van der Waals surface area contributed by atoms with E-state index in [0.29, 0.717) is 16.0 Å². The molecule has 0 saturated carbocycles. The average molecular weight is 344 g/mol. The molecule has 0 amide bonds. The predicted octanol–water partition coefficient (Wildman–Crippen LogP) is 1.34. The molecule has 0 aliphatic rings. The number of aliphatic carboxylic acids is 1. The van der Waals surface area contributed by atoms with Gasteiger partial charge in [0.2, 0.25) is 0 Å². The number of thiophene rings is 1. The fourth-order valence-corrected chi connectivity index (χ4v) is 3.24. The zero-order chi connectivity index (χ0) is 17.4. The summed E-state index contributed by atoms with van der Waals surface area (Å²) >= 11 is 1.21. The lowest BCUT2D eigenvalue weighted by molar-refractivity contribution is -0.384. The maximum atomic E-state index is 12.7. The van der Waals surface area contributed by atoms with Gasteiger partial charge in [0.15, 0.2) is 0 Å². The summed E-state index contributed by atoms with van der Waals surface area (Å²) in [5.41, 5.74) is 0.350. The molecule has 2 heterocycles. The highest BCUT2D eigenvalue weighted by molar-refractivity contribution is 7.17. The molecule has 0 aliphatic carbocycles. The molecule has 1 aromatic carbocycles. The average Bonchev–Trinajstić information content (AvgIpc) is 2.99. The Bertz CT molecular complexity index is 1020. The maximum Gasteiger partial charge on any atom is 0.270 e. The van der Waals surface area contributed by atoms with Gasteiger partial charge in [-0.3, -0.25) is 19.5 Å². The molecule has 1 atom stereocenters. The highest BCUT2D eigenvalue weighted by atomic mass is 32.1.